The van der Waals surface area contributed by atoms with Gasteiger partial charge in [0.1, 0.15) is 5.69 Å². The number of carboxylic acids is 1. The number of pyridine rings is 1. The molecular weight excluding hydrogens is 328 g/mol. The molecule has 1 saturated heterocycles. The molecule has 1 amide bonds. The van der Waals surface area contributed by atoms with E-state index in [4.69, 9.17) is 16.7 Å². The second-order valence-electron chi connectivity index (χ2n) is 5.86. The molecule has 1 aromatic heterocycles. The summed E-state index contributed by atoms with van der Waals surface area (Å²) in [5, 5.41) is 9.58. The third-order valence-corrected chi connectivity index (χ3v) is 4.61. The first-order chi connectivity index (χ1) is 11.5. The highest BCUT2D eigenvalue weighted by Crippen LogP contribution is 2.29. The number of carbonyl (C=O) groups excluding carboxylic acids is 1. The molecule has 0 unspecified atom stereocenters. The number of hydrogen-bond acceptors (Lipinski definition) is 3. The van der Waals surface area contributed by atoms with Crippen molar-refractivity contribution >= 4 is 23.5 Å². The molecule has 1 N–H and O–H groups in total. The van der Waals surface area contributed by atoms with E-state index in [2.05, 4.69) is 4.98 Å². The van der Waals surface area contributed by atoms with Crippen molar-refractivity contribution in [3.05, 3.63) is 64.4 Å². The number of carbonyl (C=O) groups is 2. The number of amides is 1. The quantitative estimate of drug-likeness (QED) is 0.925. The van der Waals surface area contributed by atoms with Crippen molar-refractivity contribution in [3.63, 3.8) is 0 Å². The smallest absolute Gasteiger partial charge is 0.354 e. The van der Waals surface area contributed by atoms with Gasteiger partial charge in [-0.1, -0.05) is 23.7 Å². The van der Waals surface area contributed by atoms with Crippen LogP contribution in [0.1, 0.15) is 45.2 Å². The van der Waals surface area contributed by atoms with Crippen LogP contribution in [0.3, 0.4) is 0 Å². The molecule has 0 saturated carbocycles. The highest BCUT2D eigenvalue weighted by atomic mass is 35.5. The molecule has 124 valence electrons. The second kappa shape index (κ2) is 7.01. The van der Waals surface area contributed by atoms with Crippen molar-refractivity contribution < 1.29 is 14.7 Å². The SMILES string of the molecule is O=C(O)c1ccc(C(=O)N2CCC(c3ccc(Cl)cc3)CC2)cn1. The van der Waals surface area contributed by atoms with Gasteiger partial charge in [0, 0.05) is 24.3 Å². The normalized spacial score (nSPS) is 15.3. The number of halogens is 1. The summed E-state index contributed by atoms with van der Waals surface area (Å²) in [4.78, 5) is 28.9. The molecule has 2 aromatic rings. The first kappa shape index (κ1) is 16.5. The zero-order valence-electron chi connectivity index (χ0n) is 13.0. The summed E-state index contributed by atoms with van der Waals surface area (Å²) in [6.07, 6.45) is 3.12. The molecule has 1 aromatic carbocycles. The van der Waals surface area contributed by atoms with Gasteiger partial charge in [0.15, 0.2) is 0 Å². The van der Waals surface area contributed by atoms with Gasteiger partial charge in [-0.3, -0.25) is 4.79 Å². The molecule has 3 rings (SSSR count). The first-order valence-corrected chi connectivity index (χ1v) is 8.16. The predicted octanol–water partition coefficient (Wildman–Crippen LogP) is 3.45. The molecular formula is C18H17ClN2O3. The molecule has 0 aliphatic carbocycles. The van der Waals surface area contributed by atoms with E-state index in [0.29, 0.717) is 24.6 Å². The lowest BCUT2D eigenvalue weighted by Crippen LogP contribution is -2.38. The van der Waals surface area contributed by atoms with E-state index in [9.17, 15) is 9.59 Å². The van der Waals surface area contributed by atoms with Gasteiger partial charge in [-0.15, -0.1) is 0 Å². The van der Waals surface area contributed by atoms with Crippen LogP contribution in [0.2, 0.25) is 5.02 Å². The van der Waals surface area contributed by atoms with Crippen LogP contribution in [0, 0.1) is 0 Å². The van der Waals surface area contributed by atoms with Crippen LogP contribution in [-0.4, -0.2) is 40.0 Å². The Kier molecular flexibility index (Phi) is 4.81. The summed E-state index contributed by atoms with van der Waals surface area (Å²) in [5.41, 5.74) is 1.61. The van der Waals surface area contributed by atoms with Crippen LogP contribution < -0.4 is 0 Å². The van der Waals surface area contributed by atoms with E-state index in [0.717, 1.165) is 17.9 Å². The van der Waals surface area contributed by atoms with Crippen molar-refractivity contribution in [1.82, 2.24) is 9.88 Å². The van der Waals surface area contributed by atoms with Crippen LogP contribution in [0.4, 0.5) is 0 Å². The van der Waals surface area contributed by atoms with Gasteiger partial charge in [-0.25, -0.2) is 9.78 Å². The average Bonchev–Trinajstić information content (AvgIpc) is 2.62. The minimum atomic E-state index is -1.10. The molecule has 1 aliphatic heterocycles. The fraction of sp³-hybridized carbons (Fsp3) is 0.278. The van der Waals surface area contributed by atoms with Gasteiger partial charge < -0.3 is 10.0 Å². The minimum Gasteiger partial charge on any atom is -0.477 e. The number of carboxylic acid groups (broad SMARTS) is 1. The molecule has 1 aliphatic rings. The summed E-state index contributed by atoms with van der Waals surface area (Å²) < 4.78 is 0. The minimum absolute atomic E-state index is 0.0620. The largest absolute Gasteiger partial charge is 0.477 e. The Balaban J connectivity index is 1.62. The lowest BCUT2D eigenvalue weighted by molar-refractivity contribution is 0.0682. The number of rotatable bonds is 3. The maximum Gasteiger partial charge on any atom is 0.354 e. The third-order valence-electron chi connectivity index (χ3n) is 4.35. The fourth-order valence-corrected chi connectivity index (χ4v) is 3.11. The Morgan fingerprint density at radius 1 is 1.08 bits per heavy atom. The first-order valence-electron chi connectivity index (χ1n) is 7.78. The molecule has 2 heterocycles. The van der Waals surface area contributed by atoms with E-state index in [-0.39, 0.29) is 11.6 Å². The zero-order chi connectivity index (χ0) is 17.1. The van der Waals surface area contributed by atoms with Crippen LogP contribution >= 0.6 is 11.6 Å². The van der Waals surface area contributed by atoms with Gasteiger partial charge in [-0.05, 0) is 48.6 Å². The van der Waals surface area contributed by atoms with Crippen molar-refractivity contribution in [1.29, 1.82) is 0 Å². The molecule has 1 fully saturated rings. The number of aromatic nitrogens is 1. The van der Waals surface area contributed by atoms with Crippen molar-refractivity contribution in [2.75, 3.05) is 13.1 Å². The maximum absolute atomic E-state index is 12.5. The lowest BCUT2D eigenvalue weighted by atomic mass is 9.89. The van der Waals surface area contributed by atoms with Crippen LogP contribution in [0.15, 0.2) is 42.6 Å². The van der Waals surface area contributed by atoms with Crippen LogP contribution in [0.5, 0.6) is 0 Å². The molecule has 5 nitrogen and oxygen atoms in total. The predicted molar refractivity (Wildman–Crippen MR) is 90.5 cm³/mol. The van der Waals surface area contributed by atoms with Gasteiger partial charge in [0.2, 0.25) is 0 Å². The van der Waals surface area contributed by atoms with Gasteiger partial charge >= 0.3 is 5.97 Å². The number of hydrogen-bond donors (Lipinski definition) is 1. The molecule has 0 bridgehead atoms. The van der Waals surface area contributed by atoms with Crippen LogP contribution in [0.25, 0.3) is 0 Å². The summed E-state index contributed by atoms with van der Waals surface area (Å²) >= 11 is 5.92. The number of benzene rings is 1. The van der Waals surface area contributed by atoms with Crippen molar-refractivity contribution in [2.24, 2.45) is 0 Å². The standard InChI is InChI=1S/C18H17ClN2O3/c19-15-4-1-12(2-5-15)13-7-9-21(10-8-13)17(22)14-3-6-16(18(23)24)20-11-14/h1-6,11,13H,7-10H2,(H,23,24). The number of nitrogens with zero attached hydrogens (tertiary/aromatic N) is 2. The van der Waals surface area contributed by atoms with Gasteiger partial charge in [0.05, 0.1) is 5.56 Å². The Labute approximate surface area is 144 Å². The monoisotopic (exact) mass is 344 g/mol. The Morgan fingerprint density at radius 2 is 1.75 bits per heavy atom. The molecule has 0 spiro atoms. The van der Waals surface area contributed by atoms with Gasteiger partial charge in [0.25, 0.3) is 5.91 Å². The lowest BCUT2D eigenvalue weighted by Gasteiger charge is -2.32. The van der Waals surface area contributed by atoms with E-state index in [1.165, 1.54) is 23.9 Å². The summed E-state index contributed by atoms with van der Waals surface area (Å²) in [6.45, 7) is 1.35. The summed E-state index contributed by atoms with van der Waals surface area (Å²) in [6, 6.07) is 10.7. The third kappa shape index (κ3) is 3.57. The summed E-state index contributed by atoms with van der Waals surface area (Å²) in [5.74, 6) is -0.773. The van der Waals surface area contributed by atoms with E-state index >= 15 is 0 Å². The second-order valence-corrected chi connectivity index (χ2v) is 6.29. The number of likely N-dealkylation sites (tertiary alicyclic amines) is 1. The fourth-order valence-electron chi connectivity index (χ4n) is 2.98. The van der Waals surface area contributed by atoms with Crippen molar-refractivity contribution in [3.8, 4) is 0 Å². The Hall–Kier alpha value is -2.40. The Morgan fingerprint density at radius 3 is 2.29 bits per heavy atom. The highest BCUT2D eigenvalue weighted by molar-refractivity contribution is 6.30. The average molecular weight is 345 g/mol. The highest BCUT2D eigenvalue weighted by Gasteiger charge is 2.24. The molecule has 24 heavy (non-hydrogen) atoms. The van der Waals surface area contributed by atoms with Gasteiger partial charge in [-0.2, -0.15) is 0 Å². The number of piperidine rings is 1. The van der Waals surface area contributed by atoms with E-state index in [1.54, 1.807) is 4.90 Å². The van der Waals surface area contributed by atoms with Crippen molar-refractivity contribution in [2.45, 2.75) is 18.8 Å². The van der Waals surface area contributed by atoms with E-state index in [1.807, 2.05) is 24.3 Å². The summed E-state index contributed by atoms with van der Waals surface area (Å²) in [7, 11) is 0. The zero-order valence-corrected chi connectivity index (χ0v) is 13.7. The maximum atomic E-state index is 12.5. The van der Waals surface area contributed by atoms with Crippen LogP contribution in [-0.2, 0) is 0 Å². The Bertz CT molecular complexity index is 736. The topological polar surface area (TPSA) is 70.5 Å². The molecule has 6 heteroatoms. The molecule has 0 radical (unpaired) electrons. The molecule has 0 atom stereocenters. The van der Waals surface area contributed by atoms with E-state index < -0.39 is 5.97 Å². The number of aromatic carboxylic acids is 1.